The van der Waals surface area contributed by atoms with Gasteiger partial charge in [0.05, 0.1) is 23.0 Å². The van der Waals surface area contributed by atoms with Gasteiger partial charge in [0.25, 0.3) is 0 Å². The van der Waals surface area contributed by atoms with Gasteiger partial charge in [-0.2, -0.15) is 0 Å². The largest absolute Gasteiger partial charge is 0.356 e. The summed E-state index contributed by atoms with van der Waals surface area (Å²) in [6, 6.07) is 9.27. The summed E-state index contributed by atoms with van der Waals surface area (Å²) in [5, 5.41) is 4.17. The molecule has 0 bridgehead atoms. The van der Waals surface area contributed by atoms with Crippen LogP contribution in [0.15, 0.2) is 35.0 Å². The minimum atomic E-state index is 0.228. The molecule has 1 fully saturated rings. The Morgan fingerprint density at radius 3 is 2.52 bits per heavy atom. The van der Waals surface area contributed by atoms with E-state index in [0.29, 0.717) is 5.92 Å². The number of aromatic nitrogens is 3. The number of hydrogen-bond donors (Lipinski definition) is 0. The number of hydrogen-bond acceptors (Lipinski definition) is 6. The van der Waals surface area contributed by atoms with Crippen LogP contribution in [0.3, 0.4) is 0 Å². The molecular weight excluding hydrogens is 386 g/mol. The lowest BCUT2D eigenvalue weighted by Crippen LogP contribution is -2.25. The Morgan fingerprint density at radius 2 is 1.90 bits per heavy atom. The fourth-order valence-corrected chi connectivity index (χ4v) is 4.26. The molecule has 31 heavy (non-hydrogen) atoms. The summed E-state index contributed by atoms with van der Waals surface area (Å²) in [6.07, 6.45) is 4.13. The quantitative estimate of drug-likeness (QED) is 0.542. The van der Waals surface area contributed by atoms with E-state index < -0.39 is 0 Å². The van der Waals surface area contributed by atoms with E-state index in [9.17, 15) is 0 Å². The molecule has 164 valence electrons. The van der Waals surface area contributed by atoms with Gasteiger partial charge in [-0.05, 0) is 50.3 Å². The third-order valence-electron chi connectivity index (χ3n) is 6.32. The highest BCUT2D eigenvalue weighted by Gasteiger charge is 2.31. The molecule has 1 aromatic carbocycles. The first kappa shape index (κ1) is 21.5. The lowest BCUT2D eigenvalue weighted by atomic mass is 10.0. The molecule has 3 aromatic rings. The third-order valence-corrected chi connectivity index (χ3v) is 6.32. The summed E-state index contributed by atoms with van der Waals surface area (Å²) in [4.78, 5) is 14.1. The molecule has 2 aromatic heterocycles. The Kier molecular flexibility index (Phi) is 6.10. The Hall–Kier alpha value is -2.73. The molecule has 6 heteroatoms. The average molecular weight is 420 g/mol. The summed E-state index contributed by atoms with van der Waals surface area (Å²) >= 11 is 0. The number of benzene rings is 1. The van der Waals surface area contributed by atoms with E-state index in [1.54, 1.807) is 0 Å². The second kappa shape index (κ2) is 8.79. The maximum Gasteiger partial charge on any atom is 0.225 e. The van der Waals surface area contributed by atoms with Crippen molar-refractivity contribution in [3.8, 4) is 11.3 Å². The fraction of sp³-hybridized carbons (Fsp3) is 0.480. The summed E-state index contributed by atoms with van der Waals surface area (Å²) in [7, 11) is 3.96. The van der Waals surface area contributed by atoms with Crippen LogP contribution in [0.25, 0.3) is 11.3 Å². The molecule has 0 radical (unpaired) electrons. The van der Waals surface area contributed by atoms with Crippen LogP contribution in [-0.2, 0) is 6.54 Å². The molecule has 0 spiro atoms. The van der Waals surface area contributed by atoms with Gasteiger partial charge < -0.3 is 9.42 Å². The molecule has 0 amide bonds. The van der Waals surface area contributed by atoms with E-state index in [4.69, 9.17) is 9.51 Å². The minimum Gasteiger partial charge on any atom is -0.356 e. The number of likely N-dealkylation sites (tertiary alicyclic amines) is 1. The third kappa shape index (κ3) is 4.35. The first-order chi connectivity index (χ1) is 14.8. The van der Waals surface area contributed by atoms with E-state index in [-0.39, 0.29) is 6.04 Å². The molecule has 1 aliphatic rings. The molecule has 0 saturated carbocycles. The summed E-state index contributed by atoms with van der Waals surface area (Å²) in [6.45, 7) is 10.5. The Morgan fingerprint density at radius 1 is 1.16 bits per heavy atom. The van der Waals surface area contributed by atoms with Crippen LogP contribution in [0, 0.1) is 13.8 Å². The summed E-state index contributed by atoms with van der Waals surface area (Å²) in [5.41, 5.74) is 6.67. The normalized spacial score (nSPS) is 16.9. The lowest BCUT2D eigenvalue weighted by molar-refractivity contribution is 0.244. The summed E-state index contributed by atoms with van der Waals surface area (Å²) < 4.78 is 5.71. The predicted molar refractivity (Wildman–Crippen MR) is 124 cm³/mol. The van der Waals surface area contributed by atoms with Crippen LogP contribution < -0.4 is 4.90 Å². The van der Waals surface area contributed by atoms with Crippen molar-refractivity contribution in [2.75, 3.05) is 25.5 Å². The van der Waals surface area contributed by atoms with E-state index in [1.807, 2.05) is 39.0 Å². The number of rotatable bonds is 6. The van der Waals surface area contributed by atoms with Gasteiger partial charge in [-0.3, -0.25) is 4.90 Å². The Balaban J connectivity index is 1.69. The molecule has 3 heterocycles. The fourth-order valence-electron chi connectivity index (χ4n) is 4.26. The Bertz CT molecular complexity index is 1040. The van der Waals surface area contributed by atoms with Crippen molar-refractivity contribution in [3.05, 3.63) is 58.5 Å². The van der Waals surface area contributed by atoms with E-state index in [1.165, 1.54) is 11.1 Å². The van der Waals surface area contributed by atoms with Crippen LogP contribution >= 0.6 is 0 Å². The van der Waals surface area contributed by atoms with Gasteiger partial charge in [-0.25, -0.2) is 9.97 Å². The minimum absolute atomic E-state index is 0.228. The van der Waals surface area contributed by atoms with Crippen LogP contribution in [0.5, 0.6) is 0 Å². The first-order valence-electron chi connectivity index (χ1n) is 11.2. The van der Waals surface area contributed by atoms with Gasteiger partial charge >= 0.3 is 0 Å². The van der Waals surface area contributed by atoms with Gasteiger partial charge in [0.15, 0.2) is 5.76 Å². The van der Waals surface area contributed by atoms with E-state index in [0.717, 1.165) is 60.2 Å². The number of aryl methyl sites for hydroxylation is 1. The zero-order chi connectivity index (χ0) is 22.1. The maximum absolute atomic E-state index is 5.71. The van der Waals surface area contributed by atoms with Crippen molar-refractivity contribution in [1.29, 1.82) is 0 Å². The number of anilines is 1. The van der Waals surface area contributed by atoms with Crippen molar-refractivity contribution in [3.63, 3.8) is 0 Å². The average Bonchev–Trinajstić information content (AvgIpc) is 3.34. The van der Waals surface area contributed by atoms with Crippen molar-refractivity contribution >= 4 is 5.95 Å². The molecule has 1 saturated heterocycles. The van der Waals surface area contributed by atoms with Crippen LogP contribution in [0.2, 0.25) is 0 Å². The standard InChI is InChI=1S/C25H33N5O/c1-16(2)20-11-9-19(10-12-20)15-30-13-7-8-22(30)23-21(14-26-25(27-23)29(5)6)24-17(3)18(4)28-31-24/h9-12,14,16,22H,7-8,13,15H2,1-6H3/t22-/m1/s1. The molecule has 0 aliphatic carbocycles. The number of nitrogens with zero attached hydrogens (tertiary/aromatic N) is 5. The van der Waals surface area contributed by atoms with Gasteiger partial charge in [-0.1, -0.05) is 43.3 Å². The van der Waals surface area contributed by atoms with Gasteiger partial charge in [0.1, 0.15) is 0 Å². The van der Waals surface area contributed by atoms with Crippen molar-refractivity contribution in [1.82, 2.24) is 20.0 Å². The second-order valence-corrected chi connectivity index (χ2v) is 9.11. The molecule has 1 aliphatic heterocycles. The first-order valence-corrected chi connectivity index (χ1v) is 11.2. The van der Waals surface area contributed by atoms with Crippen LogP contribution in [0.4, 0.5) is 5.95 Å². The smallest absolute Gasteiger partial charge is 0.225 e. The van der Waals surface area contributed by atoms with E-state index in [2.05, 4.69) is 53.2 Å². The van der Waals surface area contributed by atoms with Crippen molar-refractivity contribution in [2.24, 2.45) is 0 Å². The molecular formula is C25H33N5O. The summed E-state index contributed by atoms with van der Waals surface area (Å²) in [5.74, 6) is 2.06. The maximum atomic E-state index is 5.71. The topological polar surface area (TPSA) is 58.3 Å². The van der Waals surface area contributed by atoms with Crippen LogP contribution in [-0.4, -0.2) is 40.7 Å². The SMILES string of the molecule is Cc1noc(-c2cnc(N(C)C)nc2[C@H]2CCCN2Cc2ccc(C(C)C)cc2)c1C. The second-order valence-electron chi connectivity index (χ2n) is 9.11. The molecule has 1 atom stereocenters. The monoisotopic (exact) mass is 419 g/mol. The van der Waals surface area contributed by atoms with Crippen LogP contribution in [0.1, 0.15) is 66.7 Å². The van der Waals surface area contributed by atoms with Gasteiger partial charge in [-0.15, -0.1) is 0 Å². The highest BCUT2D eigenvalue weighted by atomic mass is 16.5. The zero-order valence-corrected chi connectivity index (χ0v) is 19.5. The highest BCUT2D eigenvalue weighted by Crippen LogP contribution is 2.39. The predicted octanol–water partition coefficient (Wildman–Crippen LogP) is 5.27. The Labute approximate surface area is 185 Å². The molecule has 4 rings (SSSR count). The van der Waals surface area contributed by atoms with Crippen molar-refractivity contribution in [2.45, 2.75) is 59.0 Å². The molecule has 0 unspecified atom stereocenters. The van der Waals surface area contributed by atoms with E-state index >= 15 is 0 Å². The molecule has 0 N–H and O–H groups in total. The van der Waals surface area contributed by atoms with Gasteiger partial charge in [0, 0.05) is 32.4 Å². The van der Waals surface area contributed by atoms with Crippen molar-refractivity contribution < 1.29 is 4.52 Å². The molecule has 6 nitrogen and oxygen atoms in total. The zero-order valence-electron chi connectivity index (χ0n) is 19.5. The van der Waals surface area contributed by atoms with Gasteiger partial charge in [0.2, 0.25) is 5.95 Å². The highest BCUT2D eigenvalue weighted by molar-refractivity contribution is 5.65. The lowest BCUT2D eigenvalue weighted by Gasteiger charge is -2.26.